The van der Waals surface area contributed by atoms with Gasteiger partial charge in [-0.15, -0.1) is 0 Å². The molecule has 0 aliphatic carbocycles. The molecule has 0 aromatic rings. The van der Waals surface area contributed by atoms with Crippen LogP contribution in [0.4, 0.5) is 0 Å². The lowest BCUT2D eigenvalue weighted by molar-refractivity contribution is -0.132. The molecule has 1 N–H and O–H groups in total. The lowest BCUT2D eigenvalue weighted by atomic mass is 10.2. The van der Waals surface area contributed by atoms with Gasteiger partial charge in [-0.2, -0.15) is 12.6 Å². The van der Waals surface area contributed by atoms with Crippen molar-refractivity contribution in [2.45, 2.75) is 19.1 Å². The maximum Gasteiger partial charge on any atom is 0.332 e. The van der Waals surface area contributed by atoms with Crippen molar-refractivity contribution in [2.24, 2.45) is 0 Å². The van der Waals surface area contributed by atoms with Crippen LogP contribution in [0.25, 0.3) is 0 Å². The summed E-state index contributed by atoms with van der Waals surface area (Å²) in [6.45, 7) is 3.42. The zero-order valence-electron chi connectivity index (χ0n) is 5.46. The van der Waals surface area contributed by atoms with E-state index in [0.29, 0.717) is 5.57 Å². The van der Waals surface area contributed by atoms with Gasteiger partial charge in [0.15, 0.2) is 0 Å². The molecule has 9 heavy (non-hydrogen) atoms. The van der Waals surface area contributed by atoms with Gasteiger partial charge in [0.05, 0.1) is 0 Å². The highest BCUT2D eigenvalue weighted by atomic mass is 32.1. The van der Waals surface area contributed by atoms with E-state index in [0.717, 1.165) is 0 Å². The summed E-state index contributed by atoms with van der Waals surface area (Å²) in [6, 6.07) is 0. The molecule has 3 heteroatoms. The summed E-state index contributed by atoms with van der Waals surface area (Å²) in [5, 5.41) is 8.24. The SMILES string of the molecule is CC=C(C(=O)O)C(C)S. The Bertz CT molecular complexity index is 138. The molecular formula is C6H10O2S. The van der Waals surface area contributed by atoms with Gasteiger partial charge in [0.1, 0.15) is 0 Å². The van der Waals surface area contributed by atoms with Crippen LogP contribution in [0, 0.1) is 0 Å². The molecule has 1 unspecified atom stereocenters. The van der Waals surface area contributed by atoms with E-state index in [4.69, 9.17) is 5.11 Å². The van der Waals surface area contributed by atoms with E-state index in [9.17, 15) is 4.79 Å². The van der Waals surface area contributed by atoms with Crippen molar-refractivity contribution in [3.63, 3.8) is 0 Å². The normalized spacial score (nSPS) is 15.2. The monoisotopic (exact) mass is 146 g/mol. The average Bonchev–Trinajstić information content (AvgIpc) is 1.64. The van der Waals surface area contributed by atoms with Gasteiger partial charge in [-0.3, -0.25) is 0 Å². The lowest BCUT2D eigenvalue weighted by Crippen LogP contribution is -2.08. The average molecular weight is 146 g/mol. The van der Waals surface area contributed by atoms with Crippen LogP contribution in [-0.4, -0.2) is 16.3 Å². The third-order valence-corrected chi connectivity index (χ3v) is 1.29. The first kappa shape index (κ1) is 8.56. The molecule has 0 spiro atoms. The summed E-state index contributed by atoms with van der Waals surface area (Å²) < 4.78 is 0. The number of rotatable bonds is 2. The van der Waals surface area contributed by atoms with Crippen LogP contribution >= 0.6 is 12.6 Å². The van der Waals surface area contributed by atoms with Gasteiger partial charge in [0.25, 0.3) is 0 Å². The summed E-state index contributed by atoms with van der Waals surface area (Å²) in [7, 11) is 0. The molecule has 52 valence electrons. The highest BCUT2D eigenvalue weighted by Gasteiger charge is 2.09. The molecule has 0 aliphatic rings. The number of hydrogen-bond donors (Lipinski definition) is 2. The number of aliphatic carboxylic acids is 1. The minimum Gasteiger partial charge on any atom is -0.478 e. The van der Waals surface area contributed by atoms with E-state index < -0.39 is 5.97 Å². The molecule has 0 amide bonds. The van der Waals surface area contributed by atoms with Crippen LogP contribution in [0.5, 0.6) is 0 Å². The van der Waals surface area contributed by atoms with Gasteiger partial charge in [-0.25, -0.2) is 4.79 Å². The third kappa shape index (κ3) is 2.56. The van der Waals surface area contributed by atoms with E-state index in [1.807, 2.05) is 0 Å². The zero-order chi connectivity index (χ0) is 7.44. The van der Waals surface area contributed by atoms with Crippen molar-refractivity contribution in [3.8, 4) is 0 Å². The second kappa shape index (κ2) is 3.56. The topological polar surface area (TPSA) is 37.3 Å². The molecule has 0 aliphatic heterocycles. The molecule has 0 rings (SSSR count). The van der Waals surface area contributed by atoms with Crippen molar-refractivity contribution in [3.05, 3.63) is 11.6 Å². The second-order valence-corrected chi connectivity index (χ2v) is 2.50. The van der Waals surface area contributed by atoms with Gasteiger partial charge in [-0.1, -0.05) is 6.08 Å². The number of hydrogen-bond acceptors (Lipinski definition) is 2. The molecule has 0 saturated carbocycles. The molecule has 1 atom stereocenters. The Balaban J connectivity index is 4.19. The number of carboxylic acid groups (broad SMARTS) is 1. The van der Waals surface area contributed by atoms with E-state index >= 15 is 0 Å². The summed E-state index contributed by atoms with van der Waals surface area (Å²) in [4.78, 5) is 10.3. The maximum atomic E-state index is 10.3. The summed E-state index contributed by atoms with van der Waals surface area (Å²) in [5.74, 6) is -0.889. The quantitative estimate of drug-likeness (QED) is 0.455. The molecule has 0 bridgehead atoms. The van der Waals surface area contributed by atoms with Crippen LogP contribution in [0.3, 0.4) is 0 Å². The number of carbonyl (C=O) groups is 1. The smallest absolute Gasteiger partial charge is 0.332 e. The Morgan fingerprint density at radius 2 is 2.22 bits per heavy atom. The Hall–Kier alpha value is -0.440. The molecule has 0 aromatic heterocycles. The first-order valence-electron chi connectivity index (χ1n) is 2.67. The van der Waals surface area contributed by atoms with Crippen LogP contribution in [-0.2, 0) is 4.79 Å². The molecule has 0 fully saturated rings. The Morgan fingerprint density at radius 3 is 2.22 bits per heavy atom. The summed E-state index contributed by atoms with van der Waals surface area (Å²) in [6.07, 6.45) is 1.56. The van der Waals surface area contributed by atoms with E-state index in [1.165, 1.54) is 0 Å². The Kier molecular flexibility index (Phi) is 3.39. The largest absolute Gasteiger partial charge is 0.478 e. The summed E-state index contributed by atoms with van der Waals surface area (Å²) in [5.41, 5.74) is 0.346. The highest BCUT2D eigenvalue weighted by Crippen LogP contribution is 2.07. The van der Waals surface area contributed by atoms with Gasteiger partial charge in [-0.05, 0) is 13.8 Å². The number of carboxylic acids is 1. The predicted octanol–water partition coefficient (Wildman–Crippen LogP) is 1.34. The van der Waals surface area contributed by atoms with Crippen LogP contribution < -0.4 is 0 Å². The van der Waals surface area contributed by atoms with Gasteiger partial charge < -0.3 is 5.11 Å². The van der Waals surface area contributed by atoms with Crippen molar-refractivity contribution >= 4 is 18.6 Å². The Morgan fingerprint density at radius 1 is 1.78 bits per heavy atom. The second-order valence-electron chi connectivity index (χ2n) is 1.73. The standard InChI is InChI=1S/C6H10O2S/c1-3-5(4(2)9)6(7)8/h3-4,9H,1-2H3,(H,7,8). The fourth-order valence-electron chi connectivity index (χ4n) is 0.543. The fourth-order valence-corrected chi connectivity index (χ4v) is 0.803. The minimum atomic E-state index is -0.889. The molecule has 2 nitrogen and oxygen atoms in total. The van der Waals surface area contributed by atoms with E-state index in [-0.39, 0.29) is 5.25 Å². The minimum absolute atomic E-state index is 0.188. The molecule has 0 heterocycles. The van der Waals surface area contributed by atoms with Crippen molar-refractivity contribution < 1.29 is 9.90 Å². The lowest BCUT2D eigenvalue weighted by Gasteiger charge is -2.01. The van der Waals surface area contributed by atoms with Gasteiger partial charge >= 0.3 is 5.97 Å². The van der Waals surface area contributed by atoms with Crippen LogP contribution in [0.1, 0.15) is 13.8 Å². The molecule has 0 saturated heterocycles. The first-order valence-corrected chi connectivity index (χ1v) is 3.18. The molecule has 0 radical (unpaired) electrons. The van der Waals surface area contributed by atoms with Crippen LogP contribution in [0.2, 0.25) is 0 Å². The zero-order valence-corrected chi connectivity index (χ0v) is 6.35. The number of thiol groups is 1. The Labute approximate surface area is 60.0 Å². The summed E-state index contributed by atoms with van der Waals surface area (Å²) >= 11 is 3.96. The molecule has 0 aromatic carbocycles. The van der Waals surface area contributed by atoms with Crippen LogP contribution in [0.15, 0.2) is 11.6 Å². The van der Waals surface area contributed by atoms with Gasteiger partial charge in [0, 0.05) is 10.8 Å². The first-order chi connectivity index (χ1) is 4.09. The predicted molar refractivity (Wildman–Crippen MR) is 39.8 cm³/mol. The van der Waals surface area contributed by atoms with Gasteiger partial charge in [0.2, 0.25) is 0 Å². The van der Waals surface area contributed by atoms with E-state index in [1.54, 1.807) is 19.9 Å². The maximum absolute atomic E-state index is 10.3. The van der Waals surface area contributed by atoms with E-state index in [2.05, 4.69) is 12.6 Å². The highest BCUT2D eigenvalue weighted by molar-refractivity contribution is 7.81. The fraction of sp³-hybridized carbons (Fsp3) is 0.500. The van der Waals surface area contributed by atoms with Crippen molar-refractivity contribution in [1.29, 1.82) is 0 Å². The third-order valence-electron chi connectivity index (χ3n) is 1.01. The van der Waals surface area contributed by atoms with Crippen molar-refractivity contribution in [2.75, 3.05) is 0 Å². The number of allylic oxidation sites excluding steroid dienone is 1. The molecular weight excluding hydrogens is 136 g/mol. The van der Waals surface area contributed by atoms with Crippen molar-refractivity contribution in [1.82, 2.24) is 0 Å².